The number of aromatic nitrogens is 3. The second-order valence-corrected chi connectivity index (χ2v) is 5.75. The number of fused-ring (bicyclic) bond motifs is 1. The molecule has 0 radical (unpaired) electrons. The molecule has 1 N–H and O–H groups in total. The van der Waals surface area contributed by atoms with Gasteiger partial charge in [0.1, 0.15) is 5.69 Å². The summed E-state index contributed by atoms with van der Waals surface area (Å²) in [7, 11) is 0. The van der Waals surface area contributed by atoms with Crippen LogP contribution in [0.2, 0.25) is 0 Å². The zero-order chi connectivity index (χ0) is 13.9. The largest absolute Gasteiger partial charge is 0.296 e. The highest BCUT2D eigenvalue weighted by atomic mass is 32.2. The zero-order valence-electron chi connectivity index (χ0n) is 10.5. The molecule has 2 heterocycles. The van der Waals surface area contributed by atoms with E-state index in [1.165, 1.54) is 29.9 Å². The van der Waals surface area contributed by atoms with Crippen LogP contribution in [0.3, 0.4) is 0 Å². The molecular formula is C13H10N4OS2. The minimum absolute atomic E-state index is 0.275. The Morgan fingerprint density at radius 2 is 2.25 bits per heavy atom. The summed E-state index contributed by atoms with van der Waals surface area (Å²) < 4.78 is 1.05. The van der Waals surface area contributed by atoms with Crippen LogP contribution in [0.5, 0.6) is 0 Å². The SMILES string of the molecule is CSc1cccc2sc(NC(=O)c3cnccn3)nc12. The number of amides is 1. The summed E-state index contributed by atoms with van der Waals surface area (Å²) in [4.78, 5) is 25.4. The van der Waals surface area contributed by atoms with Gasteiger partial charge >= 0.3 is 0 Å². The Bertz CT molecular complexity index is 757. The highest BCUT2D eigenvalue weighted by Crippen LogP contribution is 2.32. The first kappa shape index (κ1) is 13.0. The van der Waals surface area contributed by atoms with Gasteiger partial charge in [-0.3, -0.25) is 15.1 Å². The van der Waals surface area contributed by atoms with E-state index in [9.17, 15) is 4.79 Å². The molecule has 20 heavy (non-hydrogen) atoms. The van der Waals surface area contributed by atoms with E-state index in [1.54, 1.807) is 11.8 Å². The average Bonchev–Trinajstić information content (AvgIpc) is 2.90. The van der Waals surface area contributed by atoms with Crippen LogP contribution in [0, 0.1) is 0 Å². The summed E-state index contributed by atoms with van der Waals surface area (Å²) in [5.41, 5.74) is 1.19. The highest BCUT2D eigenvalue weighted by Gasteiger charge is 2.12. The van der Waals surface area contributed by atoms with Gasteiger partial charge in [0.25, 0.3) is 5.91 Å². The number of nitrogens with zero attached hydrogens (tertiary/aromatic N) is 3. The van der Waals surface area contributed by atoms with Crippen LogP contribution in [0.4, 0.5) is 5.13 Å². The second-order valence-electron chi connectivity index (χ2n) is 3.87. The number of anilines is 1. The fraction of sp³-hybridized carbons (Fsp3) is 0.0769. The maximum Gasteiger partial charge on any atom is 0.277 e. The smallest absolute Gasteiger partial charge is 0.277 e. The van der Waals surface area contributed by atoms with Gasteiger partial charge in [0.2, 0.25) is 0 Å². The lowest BCUT2D eigenvalue weighted by molar-refractivity contribution is 0.102. The van der Waals surface area contributed by atoms with E-state index in [1.807, 2.05) is 24.5 Å². The maximum absolute atomic E-state index is 12.0. The number of hydrogen-bond acceptors (Lipinski definition) is 6. The van der Waals surface area contributed by atoms with E-state index in [0.29, 0.717) is 5.13 Å². The number of nitrogens with one attached hydrogen (secondary N) is 1. The van der Waals surface area contributed by atoms with Gasteiger partial charge in [-0.15, -0.1) is 11.8 Å². The van der Waals surface area contributed by atoms with Crippen LogP contribution < -0.4 is 5.32 Å². The van der Waals surface area contributed by atoms with Crippen molar-refractivity contribution < 1.29 is 4.79 Å². The summed E-state index contributed by atoms with van der Waals surface area (Å²) in [5.74, 6) is -0.303. The molecule has 0 fully saturated rings. The van der Waals surface area contributed by atoms with E-state index in [0.717, 1.165) is 15.1 Å². The number of para-hydroxylation sites is 1. The van der Waals surface area contributed by atoms with Crippen molar-refractivity contribution in [2.45, 2.75) is 4.90 Å². The van der Waals surface area contributed by atoms with Gasteiger partial charge < -0.3 is 0 Å². The minimum atomic E-state index is -0.303. The van der Waals surface area contributed by atoms with Crippen molar-refractivity contribution >= 4 is 44.4 Å². The first-order chi connectivity index (χ1) is 9.78. The van der Waals surface area contributed by atoms with E-state index in [2.05, 4.69) is 20.3 Å². The van der Waals surface area contributed by atoms with Crippen LogP contribution in [0.25, 0.3) is 10.2 Å². The lowest BCUT2D eigenvalue weighted by Crippen LogP contribution is -2.13. The lowest BCUT2D eigenvalue weighted by Gasteiger charge is -1.99. The predicted octanol–water partition coefficient (Wildman–Crippen LogP) is 3.06. The van der Waals surface area contributed by atoms with Gasteiger partial charge in [0, 0.05) is 17.3 Å². The van der Waals surface area contributed by atoms with Crippen LogP contribution >= 0.6 is 23.1 Å². The molecule has 0 unspecified atom stereocenters. The van der Waals surface area contributed by atoms with Crippen molar-refractivity contribution in [1.29, 1.82) is 0 Å². The minimum Gasteiger partial charge on any atom is -0.296 e. The van der Waals surface area contributed by atoms with E-state index >= 15 is 0 Å². The van der Waals surface area contributed by atoms with Crippen molar-refractivity contribution in [3.63, 3.8) is 0 Å². The number of benzene rings is 1. The number of hydrogen-bond donors (Lipinski definition) is 1. The molecule has 0 atom stereocenters. The van der Waals surface area contributed by atoms with Gasteiger partial charge in [-0.1, -0.05) is 17.4 Å². The summed E-state index contributed by atoms with van der Waals surface area (Å²) >= 11 is 3.08. The number of thioether (sulfide) groups is 1. The average molecular weight is 302 g/mol. The number of thiazole rings is 1. The van der Waals surface area contributed by atoms with Crippen LogP contribution in [-0.4, -0.2) is 27.1 Å². The van der Waals surface area contributed by atoms with Crippen LogP contribution in [-0.2, 0) is 0 Å². The Hall–Kier alpha value is -1.99. The Labute approximate surface area is 123 Å². The van der Waals surface area contributed by atoms with Gasteiger partial charge in [-0.05, 0) is 18.4 Å². The zero-order valence-corrected chi connectivity index (χ0v) is 12.2. The van der Waals surface area contributed by atoms with Gasteiger partial charge in [0.05, 0.1) is 16.4 Å². The monoisotopic (exact) mass is 302 g/mol. The number of carbonyl (C=O) groups excluding carboxylic acids is 1. The highest BCUT2D eigenvalue weighted by molar-refractivity contribution is 7.98. The third kappa shape index (κ3) is 2.50. The predicted molar refractivity (Wildman–Crippen MR) is 81.4 cm³/mol. The van der Waals surface area contributed by atoms with Gasteiger partial charge in [0.15, 0.2) is 5.13 Å². The van der Waals surface area contributed by atoms with E-state index in [4.69, 9.17) is 0 Å². The first-order valence-corrected chi connectivity index (χ1v) is 7.83. The van der Waals surface area contributed by atoms with Crippen molar-refractivity contribution in [2.75, 3.05) is 11.6 Å². The Morgan fingerprint density at radius 3 is 3.00 bits per heavy atom. The topological polar surface area (TPSA) is 67.8 Å². The molecule has 3 rings (SSSR count). The van der Waals surface area contributed by atoms with Gasteiger partial charge in [-0.25, -0.2) is 9.97 Å². The van der Waals surface area contributed by atoms with Crippen molar-refractivity contribution in [1.82, 2.24) is 15.0 Å². The lowest BCUT2D eigenvalue weighted by atomic mass is 10.3. The fourth-order valence-electron chi connectivity index (χ4n) is 1.72. The van der Waals surface area contributed by atoms with Crippen LogP contribution in [0.15, 0.2) is 41.7 Å². The molecule has 0 aliphatic heterocycles. The molecule has 3 aromatic rings. The summed E-state index contributed by atoms with van der Waals surface area (Å²) in [6, 6.07) is 5.99. The first-order valence-electron chi connectivity index (χ1n) is 5.79. The third-order valence-corrected chi connectivity index (χ3v) is 4.32. The summed E-state index contributed by atoms with van der Waals surface area (Å²) in [6.07, 6.45) is 6.44. The van der Waals surface area contributed by atoms with Gasteiger partial charge in [-0.2, -0.15) is 0 Å². The molecule has 0 saturated carbocycles. The molecule has 2 aromatic heterocycles. The summed E-state index contributed by atoms with van der Waals surface area (Å²) in [5, 5.41) is 3.32. The standard InChI is InChI=1S/C13H10N4OS2/c1-19-9-3-2-4-10-11(9)16-13(20-10)17-12(18)8-7-14-5-6-15-8/h2-7H,1H3,(H,16,17,18). The molecule has 5 nitrogen and oxygen atoms in total. The molecule has 100 valence electrons. The molecular weight excluding hydrogens is 292 g/mol. The van der Waals surface area contributed by atoms with E-state index < -0.39 is 0 Å². The molecule has 7 heteroatoms. The van der Waals surface area contributed by atoms with Crippen molar-refractivity contribution in [3.05, 3.63) is 42.5 Å². The van der Waals surface area contributed by atoms with E-state index in [-0.39, 0.29) is 11.6 Å². The van der Waals surface area contributed by atoms with Crippen molar-refractivity contribution in [2.24, 2.45) is 0 Å². The molecule has 0 saturated heterocycles. The molecule has 1 amide bonds. The Morgan fingerprint density at radius 1 is 1.35 bits per heavy atom. The quantitative estimate of drug-likeness (QED) is 0.753. The molecule has 0 spiro atoms. The molecule has 1 aromatic carbocycles. The molecule has 0 aliphatic carbocycles. The maximum atomic E-state index is 12.0. The fourth-order valence-corrected chi connectivity index (χ4v) is 3.24. The molecule has 0 bridgehead atoms. The number of carbonyl (C=O) groups is 1. The normalized spacial score (nSPS) is 10.7. The van der Waals surface area contributed by atoms with Crippen molar-refractivity contribution in [3.8, 4) is 0 Å². The summed E-state index contributed by atoms with van der Waals surface area (Å²) in [6.45, 7) is 0. The Kier molecular flexibility index (Phi) is 3.62. The van der Waals surface area contributed by atoms with Crippen LogP contribution in [0.1, 0.15) is 10.5 Å². The third-order valence-electron chi connectivity index (χ3n) is 2.62. The Balaban J connectivity index is 1.90. The number of rotatable bonds is 3. The second kappa shape index (κ2) is 5.56. The molecule has 0 aliphatic rings.